The number of nitrogens with zero attached hydrogens (tertiary/aromatic N) is 3. The smallest absolute Gasteiger partial charge is 0.326 e. The molecule has 8 nitrogen and oxygen atoms in total. The first-order chi connectivity index (χ1) is 17.1. The molecule has 4 rings (SSSR count). The fraction of sp³-hybridized carbons (Fsp3) is 0.423. The molecule has 1 aliphatic heterocycles. The number of carbonyl (C=O) groups is 2. The van der Waals surface area contributed by atoms with Gasteiger partial charge in [0.05, 0.1) is 21.7 Å². The second-order valence-electron chi connectivity index (χ2n) is 9.12. The van der Waals surface area contributed by atoms with Crippen molar-refractivity contribution in [2.24, 2.45) is 10.9 Å². The Morgan fingerprint density at radius 2 is 1.69 bits per heavy atom. The van der Waals surface area contributed by atoms with Crippen LogP contribution in [-0.4, -0.2) is 48.9 Å². The number of thiazole rings is 1. The van der Waals surface area contributed by atoms with E-state index < -0.39 is 10.0 Å². The van der Waals surface area contributed by atoms with Crippen LogP contribution in [0.15, 0.2) is 46.3 Å². The molecule has 0 N–H and O–H groups in total. The van der Waals surface area contributed by atoms with Gasteiger partial charge in [0.2, 0.25) is 10.0 Å². The van der Waals surface area contributed by atoms with Crippen LogP contribution in [0, 0.1) is 26.7 Å². The molecule has 1 saturated heterocycles. The van der Waals surface area contributed by atoms with E-state index in [0.29, 0.717) is 17.6 Å². The zero-order valence-corrected chi connectivity index (χ0v) is 22.6. The number of fused-ring (bicyclic) bond motifs is 1. The minimum absolute atomic E-state index is 0.0321. The van der Waals surface area contributed by atoms with Crippen molar-refractivity contribution < 1.29 is 22.7 Å². The molecule has 0 aliphatic carbocycles. The number of aryl methyl sites for hydroxylation is 3. The van der Waals surface area contributed by atoms with Gasteiger partial charge in [0, 0.05) is 19.0 Å². The monoisotopic (exact) mass is 529 g/mol. The van der Waals surface area contributed by atoms with E-state index in [9.17, 15) is 18.0 Å². The summed E-state index contributed by atoms with van der Waals surface area (Å²) < 4.78 is 35.2. The summed E-state index contributed by atoms with van der Waals surface area (Å²) in [6.07, 6.45) is 0.794. The molecule has 1 aromatic heterocycles. The molecule has 0 radical (unpaired) electrons. The van der Waals surface area contributed by atoms with Gasteiger partial charge in [-0.15, -0.1) is 0 Å². The van der Waals surface area contributed by atoms with Gasteiger partial charge in [-0.2, -0.15) is 9.30 Å². The first-order valence-electron chi connectivity index (χ1n) is 12.0. The summed E-state index contributed by atoms with van der Waals surface area (Å²) in [6, 6.07) is 10.8. The third-order valence-corrected chi connectivity index (χ3v) is 9.51. The Balaban J connectivity index is 1.57. The highest BCUT2D eigenvalue weighted by molar-refractivity contribution is 7.89. The number of hydrogen-bond acceptors (Lipinski definition) is 6. The lowest BCUT2D eigenvalue weighted by Crippen LogP contribution is -2.40. The molecule has 36 heavy (non-hydrogen) atoms. The third-order valence-electron chi connectivity index (χ3n) is 6.56. The SMILES string of the molecule is CCOC(=O)Cn1c(=NC(=O)C2CCN(S(=O)(=O)c3ccc(C)cc3)CC2)sc2cc(C)c(C)cc21. The van der Waals surface area contributed by atoms with E-state index in [2.05, 4.69) is 4.99 Å². The number of amides is 1. The second-order valence-corrected chi connectivity index (χ2v) is 12.1. The number of hydrogen-bond donors (Lipinski definition) is 0. The zero-order chi connectivity index (χ0) is 26.0. The maximum absolute atomic E-state index is 13.1. The fourth-order valence-electron chi connectivity index (χ4n) is 4.28. The van der Waals surface area contributed by atoms with Crippen LogP contribution in [0.1, 0.15) is 36.5 Å². The van der Waals surface area contributed by atoms with Gasteiger partial charge in [0.1, 0.15) is 6.54 Å². The summed E-state index contributed by atoms with van der Waals surface area (Å²) in [7, 11) is -3.60. The van der Waals surface area contributed by atoms with Crippen molar-refractivity contribution in [1.29, 1.82) is 0 Å². The molecule has 0 saturated carbocycles. The molecule has 0 spiro atoms. The molecule has 2 heterocycles. The molecule has 0 unspecified atom stereocenters. The Hall–Kier alpha value is -2.82. The highest BCUT2D eigenvalue weighted by Gasteiger charge is 2.32. The van der Waals surface area contributed by atoms with Crippen molar-refractivity contribution >= 4 is 43.5 Å². The van der Waals surface area contributed by atoms with Crippen molar-refractivity contribution in [3.05, 3.63) is 57.9 Å². The van der Waals surface area contributed by atoms with Crippen molar-refractivity contribution in [2.45, 2.75) is 52.0 Å². The Morgan fingerprint density at radius 1 is 1.06 bits per heavy atom. The van der Waals surface area contributed by atoms with Gasteiger partial charge in [0.15, 0.2) is 4.80 Å². The lowest BCUT2D eigenvalue weighted by atomic mass is 9.98. The van der Waals surface area contributed by atoms with Crippen molar-refractivity contribution in [2.75, 3.05) is 19.7 Å². The minimum atomic E-state index is -3.60. The first kappa shape index (κ1) is 26.2. The van der Waals surface area contributed by atoms with Crippen molar-refractivity contribution in [3.8, 4) is 0 Å². The number of esters is 1. The van der Waals surface area contributed by atoms with E-state index in [-0.39, 0.29) is 48.9 Å². The molecular formula is C26H31N3O5S2. The Bertz CT molecular complexity index is 1460. The van der Waals surface area contributed by atoms with Crippen molar-refractivity contribution in [1.82, 2.24) is 8.87 Å². The van der Waals surface area contributed by atoms with E-state index in [4.69, 9.17) is 4.74 Å². The molecule has 0 bridgehead atoms. The third kappa shape index (κ3) is 5.45. The van der Waals surface area contributed by atoms with Crippen LogP contribution in [0.4, 0.5) is 0 Å². The summed E-state index contributed by atoms with van der Waals surface area (Å²) >= 11 is 1.36. The number of sulfonamides is 1. The first-order valence-corrected chi connectivity index (χ1v) is 14.3. The lowest BCUT2D eigenvalue weighted by Gasteiger charge is -2.29. The summed E-state index contributed by atoms with van der Waals surface area (Å²) in [4.78, 5) is 30.6. The van der Waals surface area contributed by atoms with E-state index in [0.717, 1.165) is 26.9 Å². The van der Waals surface area contributed by atoms with Crippen LogP contribution in [0.2, 0.25) is 0 Å². The van der Waals surface area contributed by atoms with Gasteiger partial charge in [-0.3, -0.25) is 9.59 Å². The quantitative estimate of drug-likeness (QED) is 0.454. The number of aromatic nitrogens is 1. The molecule has 192 valence electrons. The summed E-state index contributed by atoms with van der Waals surface area (Å²) in [5, 5.41) is 0. The molecular weight excluding hydrogens is 498 g/mol. The van der Waals surface area contributed by atoms with Crippen LogP contribution in [-0.2, 0) is 30.9 Å². The molecule has 1 aliphatic rings. The Labute approximate surface area is 215 Å². The minimum Gasteiger partial charge on any atom is -0.465 e. The normalized spacial score (nSPS) is 15.9. The Kier molecular flexibility index (Phi) is 7.77. The molecule has 10 heteroatoms. The average Bonchev–Trinajstić information content (AvgIpc) is 3.15. The largest absolute Gasteiger partial charge is 0.465 e. The predicted molar refractivity (Wildman–Crippen MR) is 139 cm³/mol. The maximum atomic E-state index is 13.1. The van der Waals surface area contributed by atoms with E-state index in [1.165, 1.54) is 15.6 Å². The maximum Gasteiger partial charge on any atom is 0.326 e. The van der Waals surface area contributed by atoms with Gasteiger partial charge < -0.3 is 9.30 Å². The highest BCUT2D eigenvalue weighted by atomic mass is 32.2. The average molecular weight is 530 g/mol. The standard InChI is InChI=1S/C26H31N3O5S2/c1-5-34-24(30)16-29-22-14-18(3)19(4)15-23(22)35-26(29)27-25(31)20-10-12-28(13-11-20)36(32,33)21-8-6-17(2)7-9-21/h6-9,14-15,20H,5,10-13,16H2,1-4H3. The lowest BCUT2D eigenvalue weighted by molar-refractivity contribution is -0.143. The highest BCUT2D eigenvalue weighted by Crippen LogP contribution is 2.26. The molecule has 1 fully saturated rings. The molecule has 0 atom stereocenters. The summed E-state index contributed by atoms with van der Waals surface area (Å²) in [6.45, 7) is 8.44. The Morgan fingerprint density at radius 3 is 2.33 bits per heavy atom. The molecule has 1 amide bonds. The molecule has 2 aromatic carbocycles. The van der Waals surface area contributed by atoms with Gasteiger partial charge in [-0.1, -0.05) is 29.0 Å². The van der Waals surface area contributed by atoms with Crippen molar-refractivity contribution in [3.63, 3.8) is 0 Å². The number of benzene rings is 2. The second kappa shape index (κ2) is 10.7. The summed E-state index contributed by atoms with van der Waals surface area (Å²) in [5.41, 5.74) is 4.03. The van der Waals surface area contributed by atoms with E-state index >= 15 is 0 Å². The zero-order valence-electron chi connectivity index (χ0n) is 21.0. The van der Waals surface area contributed by atoms with Crippen LogP contribution < -0.4 is 4.80 Å². The van der Waals surface area contributed by atoms with Crippen LogP contribution in [0.5, 0.6) is 0 Å². The topological polar surface area (TPSA) is 98.0 Å². The van der Waals surface area contributed by atoms with Crippen LogP contribution in [0.3, 0.4) is 0 Å². The molecule has 3 aromatic rings. The number of carbonyl (C=O) groups excluding carboxylic acids is 2. The predicted octanol–water partition coefficient (Wildman–Crippen LogP) is 3.72. The number of piperidine rings is 1. The van der Waals surface area contributed by atoms with Gasteiger partial charge in [-0.05, 0) is 75.9 Å². The van der Waals surface area contributed by atoms with Gasteiger partial charge in [0.25, 0.3) is 5.91 Å². The van der Waals surface area contributed by atoms with E-state index in [1.807, 2.05) is 32.9 Å². The van der Waals surface area contributed by atoms with Crippen LogP contribution >= 0.6 is 11.3 Å². The summed E-state index contributed by atoms with van der Waals surface area (Å²) in [5.74, 6) is -1.06. The fourth-order valence-corrected chi connectivity index (χ4v) is 6.87. The van der Waals surface area contributed by atoms with E-state index in [1.54, 1.807) is 35.8 Å². The van der Waals surface area contributed by atoms with Gasteiger partial charge in [-0.25, -0.2) is 8.42 Å². The number of rotatable bonds is 6. The number of ether oxygens (including phenoxy) is 1. The van der Waals surface area contributed by atoms with Gasteiger partial charge >= 0.3 is 5.97 Å². The van der Waals surface area contributed by atoms with Crippen LogP contribution in [0.25, 0.3) is 10.2 Å².